The average Bonchev–Trinajstić information content (AvgIpc) is 2.38. The van der Waals surface area contributed by atoms with Crippen LogP contribution in [-0.4, -0.2) is 30.7 Å². The average molecular weight is 363 g/mol. The molecule has 1 aromatic carbocycles. The molecule has 2 rings (SSSR count). The van der Waals surface area contributed by atoms with Crippen LogP contribution in [0.15, 0.2) is 27.6 Å². The Morgan fingerprint density at radius 2 is 1.95 bits per heavy atom. The third-order valence-electron chi connectivity index (χ3n) is 3.48. The number of nitrogens with zero attached hydrogens (tertiary/aromatic N) is 2. The number of hydrogen-bond acceptors (Lipinski definition) is 4. The standard InChI is InChI=1S/C12H15BrN2O4S/c1-9-4-6-14(7-5-9)20(18,19)12-8-10(13)2-3-11(12)15(16)17/h2-3,8-9H,4-7H2,1H3. The van der Waals surface area contributed by atoms with Crippen molar-refractivity contribution in [3.05, 3.63) is 32.8 Å². The molecule has 0 unspecified atom stereocenters. The fraction of sp³-hybridized carbons (Fsp3) is 0.500. The molecule has 0 radical (unpaired) electrons. The number of piperidine rings is 1. The van der Waals surface area contributed by atoms with E-state index in [1.165, 1.54) is 22.5 Å². The van der Waals surface area contributed by atoms with Crippen LogP contribution in [-0.2, 0) is 10.0 Å². The highest BCUT2D eigenvalue weighted by atomic mass is 79.9. The fourth-order valence-corrected chi connectivity index (χ4v) is 4.37. The first-order chi connectivity index (χ1) is 9.32. The van der Waals surface area contributed by atoms with E-state index in [-0.39, 0.29) is 10.6 Å². The van der Waals surface area contributed by atoms with Gasteiger partial charge in [-0.25, -0.2) is 8.42 Å². The SMILES string of the molecule is CC1CCN(S(=O)(=O)c2cc(Br)ccc2[N+](=O)[O-])CC1. The van der Waals surface area contributed by atoms with E-state index in [1.807, 2.05) is 0 Å². The Balaban J connectivity index is 2.43. The molecule has 0 aliphatic carbocycles. The van der Waals surface area contributed by atoms with Crippen LogP contribution >= 0.6 is 15.9 Å². The lowest BCUT2D eigenvalue weighted by molar-refractivity contribution is -0.387. The zero-order valence-corrected chi connectivity index (χ0v) is 13.4. The molecule has 0 spiro atoms. The lowest BCUT2D eigenvalue weighted by Gasteiger charge is -2.29. The van der Waals surface area contributed by atoms with Gasteiger partial charge in [0.15, 0.2) is 4.90 Å². The number of nitro groups is 1. The minimum absolute atomic E-state index is 0.244. The van der Waals surface area contributed by atoms with E-state index >= 15 is 0 Å². The molecular formula is C12H15BrN2O4S. The van der Waals surface area contributed by atoms with Crippen molar-refractivity contribution in [3.8, 4) is 0 Å². The van der Waals surface area contributed by atoms with Crippen LogP contribution in [0, 0.1) is 16.0 Å². The summed E-state index contributed by atoms with van der Waals surface area (Å²) in [5.74, 6) is 0.485. The van der Waals surface area contributed by atoms with Gasteiger partial charge in [0.1, 0.15) is 0 Å². The lowest BCUT2D eigenvalue weighted by Crippen LogP contribution is -2.38. The van der Waals surface area contributed by atoms with Gasteiger partial charge in [-0.2, -0.15) is 4.31 Å². The predicted molar refractivity (Wildman–Crippen MR) is 78.0 cm³/mol. The number of hydrogen-bond donors (Lipinski definition) is 0. The molecule has 1 saturated heterocycles. The molecule has 0 aromatic heterocycles. The second-order valence-corrected chi connectivity index (χ2v) is 7.78. The van der Waals surface area contributed by atoms with E-state index in [2.05, 4.69) is 22.9 Å². The smallest absolute Gasteiger partial charge is 0.258 e. The molecule has 1 heterocycles. The van der Waals surface area contributed by atoms with Crippen LogP contribution in [0.1, 0.15) is 19.8 Å². The summed E-state index contributed by atoms with van der Waals surface area (Å²) >= 11 is 3.17. The molecule has 20 heavy (non-hydrogen) atoms. The van der Waals surface area contributed by atoms with Crippen LogP contribution in [0.25, 0.3) is 0 Å². The maximum absolute atomic E-state index is 12.6. The minimum atomic E-state index is -3.82. The first-order valence-electron chi connectivity index (χ1n) is 6.26. The Hall–Kier alpha value is -0.990. The largest absolute Gasteiger partial charge is 0.289 e. The second-order valence-electron chi connectivity index (χ2n) is 4.96. The molecule has 0 saturated carbocycles. The molecular weight excluding hydrogens is 348 g/mol. The van der Waals surface area contributed by atoms with E-state index < -0.39 is 14.9 Å². The van der Waals surface area contributed by atoms with Crippen LogP contribution in [0.3, 0.4) is 0 Å². The van der Waals surface area contributed by atoms with Gasteiger partial charge < -0.3 is 0 Å². The molecule has 110 valence electrons. The Morgan fingerprint density at radius 1 is 1.35 bits per heavy atom. The van der Waals surface area contributed by atoms with Crippen molar-refractivity contribution in [1.82, 2.24) is 4.31 Å². The summed E-state index contributed by atoms with van der Waals surface area (Å²) in [6.45, 7) is 2.89. The molecule has 0 bridgehead atoms. The fourth-order valence-electron chi connectivity index (χ4n) is 2.21. The summed E-state index contributed by atoms with van der Waals surface area (Å²) in [7, 11) is -3.82. The highest BCUT2D eigenvalue weighted by molar-refractivity contribution is 9.10. The Bertz CT molecular complexity index is 624. The monoisotopic (exact) mass is 362 g/mol. The van der Waals surface area contributed by atoms with E-state index in [4.69, 9.17) is 0 Å². The normalized spacial score (nSPS) is 18.1. The molecule has 6 nitrogen and oxygen atoms in total. The maximum atomic E-state index is 12.6. The van der Waals surface area contributed by atoms with Gasteiger partial charge in [-0.15, -0.1) is 0 Å². The first-order valence-corrected chi connectivity index (χ1v) is 8.50. The van der Waals surface area contributed by atoms with Crippen LogP contribution in [0.4, 0.5) is 5.69 Å². The minimum Gasteiger partial charge on any atom is -0.258 e. The Kier molecular flexibility index (Phi) is 4.46. The zero-order chi connectivity index (χ0) is 14.9. The van der Waals surface area contributed by atoms with Gasteiger partial charge in [-0.05, 0) is 30.9 Å². The van der Waals surface area contributed by atoms with E-state index in [0.717, 1.165) is 12.8 Å². The van der Waals surface area contributed by atoms with Gasteiger partial charge >= 0.3 is 0 Å². The molecule has 1 aliphatic rings. The summed E-state index contributed by atoms with van der Waals surface area (Å²) in [6.07, 6.45) is 1.56. The summed E-state index contributed by atoms with van der Waals surface area (Å²) in [5, 5.41) is 11.0. The van der Waals surface area contributed by atoms with Gasteiger partial charge in [0.2, 0.25) is 10.0 Å². The zero-order valence-electron chi connectivity index (χ0n) is 11.0. The Labute approximate surface area is 126 Å². The topological polar surface area (TPSA) is 80.5 Å². The number of sulfonamides is 1. The molecule has 0 N–H and O–H groups in total. The van der Waals surface area contributed by atoms with Gasteiger partial charge in [0, 0.05) is 23.6 Å². The molecule has 8 heteroatoms. The number of halogens is 1. The van der Waals surface area contributed by atoms with Crippen LogP contribution < -0.4 is 0 Å². The van der Waals surface area contributed by atoms with Gasteiger partial charge in [-0.3, -0.25) is 10.1 Å². The van der Waals surface area contributed by atoms with Gasteiger partial charge in [-0.1, -0.05) is 22.9 Å². The van der Waals surface area contributed by atoms with Crippen molar-refractivity contribution in [1.29, 1.82) is 0 Å². The third kappa shape index (κ3) is 3.02. The summed E-state index contributed by atoms with van der Waals surface area (Å²) in [5.41, 5.74) is -0.383. The molecule has 0 amide bonds. The van der Waals surface area contributed by atoms with Crippen molar-refractivity contribution in [3.63, 3.8) is 0 Å². The highest BCUT2D eigenvalue weighted by Gasteiger charge is 2.33. The predicted octanol–water partition coefficient (Wildman–Crippen LogP) is 2.78. The van der Waals surface area contributed by atoms with E-state index in [1.54, 1.807) is 0 Å². The van der Waals surface area contributed by atoms with Gasteiger partial charge in [0.05, 0.1) is 4.92 Å². The van der Waals surface area contributed by atoms with E-state index in [0.29, 0.717) is 23.5 Å². The first kappa shape index (κ1) is 15.4. The van der Waals surface area contributed by atoms with Gasteiger partial charge in [0.25, 0.3) is 5.69 Å². The van der Waals surface area contributed by atoms with Crippen LogP contribution in [0.5, 0.6) is 0 Å². The van der Waals surface area contributed by atoms with Crippen molar-refractivity contribution in [2.24, 2.45) is 5.92 Å². The molecule has 1 aliphatic heterocycles. The van der Waals surface area contributed by atoms with Crippen LogP contribution in [0.2, 0.25) is 0 Å². The number of benzene rings is 1. The number of nitro benzene ring substituents is 1. The van der Waals surface area contributed by atoms with E-state index in [9.17, 15) is 18.5 Å². The summed E-state index contributed by atoms with van der Waals surface area (Å²) < 4.78 is 27.0. The number of rotatable bonds is 3. The quantitative estimate of drug-likeness (QED) is 0.611. The van der Waals surface area contributed by atoms with Crippen molar-refractivity contribution in [2.45, 2.75) is 24.7 Å². The Morgan fingerprint density at radius 3 is 2.50 bits per heavy atom. The summed E-state index contributed by atoms with van der Waals surface area (Å²) in [4.78, 5) is 10.1. The van der Waals surface area contributed by atoms with Crippen molar-refractivity contribution in [2.75, 3.05) is 13.1 Å². The highest BCUT2D eigenvalue weighted by Crippen LogP contribution is 2.31. The molecule has 1 aromatic rings. The second kappa shape index (κ2) is 5.79. The third-order valence-corrected chi connectivity index (χ3v) is 5.90. The summed E-state index contributed by atoms with van der Waals surface area (Å²) in [6, 6.07) is 3.98. The molecule has 0 atom stereocenters. The maximum Gasteiger partial charge on any atom is 0.289 e. The molecule has 1 fully saturated rings. The van der Waals surface area contributed by atoms with Crippen molar-refractivity contribution < 1.29 is 13.3 Å². The van der Waals surface area contributed by atoms with Crippen molar-refractivity contribution >= 4 is 31.6 Å². The lowest BCUT2D eigenvalue weighted by atomic mass is 10.0.